The van der Waals surface area contributed by atoms with Crippen LogP contribution >= 0.6 is 0 Å². The van der Waals surface area contributed by atoms with Gasteiger partial charge in [-0.25, -0.2) is 0 Å². The molecule has 4 unspecified atom stereocenters. The Morgan fingerprint density at radius 3 is 2.71 bits per heavy atom. The molecule has 2 aliphatic rings. The van der Waals surface area contributed by atoms with Gasteiger partial charge in [-0.1, -0.05) is 50.1 Å². The lowest BCUT2D eigenvalue weighted by Crippen LogP contribution is -2.37. The molecule has 17 heavy (non-hydrogen) atoms. The molecule has 2 aliphatic carbocycles. The van der Waals surface area contributed by atoms with Crippen molar-refractivity contribution in [2.45, 2.75) is 50.5 Å². The van der Waals surface area contributed by atoms with Gasteiger partial charge < -0.3 is 5.11 Å². The lowest BCUT2D eigenvalue weighted by molar-refractivity contribution is -0.0340. The minimum absolute atomic E-state index is 0.363. The number of hydrogen-bond donors (Lipinski definition) is 1. The molecule has 0 bridgehead atoms. The summed E-state index contributed by atoms with van der Waals surface area (Å²) >= 11 is 0. The number of aliphatic hydroxyl groups is 1. The van der Waals surface area contributed by atoms with Crippen molar-refractivity contribution in [3.63, 3.8) is 0 Å². The molecule has 0 spiro atoms. The molecular weight excluding hydrogens is 208 g/mol. The first kappa shape index (κ1) is 11.3. The van der Waals surface area contributed by atoms with Crippen LogP contribution in [0.5, 0.6) is 0 Å². The van der Waals surface area contributed by atoms with Crippen LogP contribution in [0.2, 0.25) is 0 Å². The Morgan fingerprint density at radius 2 is 2.00 bits per heavy atom. The molecular formula is C16H22O. The normalized spacial score (nSPS) is 41.2. The molecule has 1 N–H and O–H groups in total. The molecule has 1 heteroatoms. The van der Waals surface area contributed by atoms with Gasteiger partial charge in [-0.05, 0) is 42.6 Å². The van der Waals surface area contributed by atoms with E-state index in [2.05, 4.69) is 37.3 Å². The summed E-state index contributed by atoms with van der Waals surface area (Å²) < 4.78 is 0. The maximum atomic E-state index is 10.8. The Bertz CT molecular complexity index is 386. The zero-order valence-electron chi connectivity index (χ0n) is 10.6. The Hall–Kier alpha value is -0.820. The van der Waals surface area contributed by atoms with Crippen LogP contribution in [-0.2, 0) is 0 Å². The molecule has 0 radical (unpaired) electrons. The summed E-state index contributed by atoms with van der Waals surface area (Å²) in [7, 11) is 0. The smallest absolute Gasteiger partial charge is 0.0684 e. The fraction of sp³-hybridized carbons (Fsp3) is 0.625. The predicted molar refractivity (Wildman–Crippen MR) is 69.9 cm³/mol. The number of rotatable bonds is 2. The molecule has 0 aliphatic heterocycles. The Kier molecular flexibility index (Phi) is 2.74. The molecule has 2 saturated carbocycles. The lowest BCUT2D eigenvalue weighted by atomic mass is 9.75. The highest BCUT2D eigenvalue weighted by Gasteiger charge is 2.53. The SMILES string of the molecule is CC1CCCC(O)(C2CC2c2ccccc2)C1. The van der Waals surface area contributed by atoms with E-state index in [1.807, 2.05) is 0 Å². The van der Waals surface area contributed by atoms with Crippen molar-refractivity contribution in [1.82, 2.24) is 0 Å². The zero-order valence-corrected chi connectivity index (χ0v) is 10.6. The van der Waals surface area contributed by atoms with Crippen LogP contribution in [0.15, 0.2) is 30.3 Å². The van der Waals surface area contributed by atoms with E-state index in [1.165, 1.54) is 24.8 Å². The van der Waals surface area contributed by atoms with E-state index in [0.717, 1.165) is 12.8 Å². The van der Waals surface area contributed by atoms with Crippen LogP contribution in [0, 0.1) is 11.8 Å². The minimum atomic E-state index is -0.363. The average molecular weight is 230 g/mol. The van der Waals surface area contributed by atoms with Crippen molar-refractivity contribution >= 4 is 0 Å². The van der Waals surface area contributed by atoms with E-state index in [1.54, 1.807) is 0 Å². The zero-order chi connectivity index (χ0) is 11.9. The second-order valence-corrected chi connectivity index (χ2v) is 6.16. The molecule has 1 nitrogen and oxygen atoms in total. The van der Waals surface area contributed by atoms with Gasteiger partial charge in [0, 0.05) is 0 Å². The van der Waals surface area contributed by atoms with Gasteiger partial charge in [0.05, 0.1) is 5.60 Å². The molecule has 0 aromatic heterocycles. The first-order chi connectivity index (χ1) is 8.19. The second-order valence-electron chi connectivity index (χ2n) is 6.16. The molecule has 0 amide bonds. The third-order valence-corrected chi connectivity index (χ3v) is 4.72. The molecule has 4 atom stereocenters. The molecule has 0 heterocycles. The largest absolute Gasteiger partial charge is 0.390 e. The van der Waals surface area contributed by atoms with E-state index in [0.29, 0.717) is 17.8 Å². The fourth-order valence-corrected chi connectivity index (χ4v) is 3.76. The van der Waals surface area contributed by atoms with Gasteiger partial charge in [0.2, 0.25) is 0 Å². The predicted octanol–water partition coefficient (Wildman–Crippen LogP) is 3.73. The summed E-state index contributed by atoms with van der Waals surface area (Å²) in [5, 5.41) is 10.8. The maximum absolute atomic E-state index is 10.8. The van der Waals surface area contributed by atoms with Crippen LogP contribution in [-0.4, -0.2) is 10.7 Å². The number of benzene rings is 1. The Labute approximate surface area is 104 Å². The second kappa shape index (κ2) is 4.13. The summed E-state index contributed by atoms with van der Waals surface area (Å²) in [5.41, 5.74) is 1.06. The third-order valence-electron chi connectivity index (χ3n) is 4.72. The van der Waals surface area contributed by atoms with Gasteiger partial charge in [0.1, 0.15) is 0 Å². The summed E-state index contributed by atoms with van der Waals surface area (Å²) in [5.74, 6) is 1.84. The first-order valence-electron chi connectivity index (χ1n) is 6.96. The van der Waals surface area contributed by atoms with Crippen molar-refractivity contribution in [3.8, 4) is 0 Å². The van der Waals surface area contributed by atoms with E-state index >= 15 is 0 Å². The standard InChI is InChI=1S/C16H22O/c1-12-6-5-9-16(17,11-12)15-10-14(15)13-7-3-2-4-8-13/h2-4,7-8,12,14-15,17H,5-6,9-11H2,1H3. The van der Waals surface area contributed by atoms with Crippen LogP contribution < -0.4 is 0 Å². The van der Waals surface area contributed by atoms with Gasteiger partial charge in [0.25, 0.3) is 0 Å². The minimum Gasteiger partial charge on any atom is -0.390 e. The highest BCUT2D eigenvalue weighted by Crippen LogP contribution is 2.57. The lowest BCUT2D eigenvalue weighted by Gasteiger charge is -2.36. The summed E-state index contributed by atoms with van der Waals surface area (Å²) in [4.78, 5) is 0. The topological polar surface area (TPSA) is 20.2 Å². The fourth-order valence-electron chi connectivity index (χ4n) is 3.76. The number of hydrogen-bond acceptors (Lipinski definition) is 1. The summed E-state index contributed by atoms with van der Waals surface area (Å²) in [6.45, 7) is 2.28. The molecule has 1 aromatic carbocycles. The average Bonchev–Trinajstić information content (AvgIpc) is 3.10. The first-order valence-corrected chi connectivity index (χ1v) is 6.96. The Morgan fingerprint density at radius 1 is 1.24 bits per heavy atom. The molecule has 1 aromatic rings. The van der Waals surface area contributed by atoms with Crippen LogP contribution in [0.25, 0.3) is 0 Å². The van der Waals surface area contributed by atoms with E-state index in [9.17, 15) is 5.11 Å². The Balaban J connectivity index is 1.72. The quantitative estimate of drug-likeness (QED) is 0.820. The third kappa shape index (κ3) is 2.13. The van der Waals surface area contributed by atoms with Crippen molar-refractivity contribution in [2.75, 3.05) is 0 Å². The molecule has 3 rings (SSSR count). The molecule has 0 saturated heterocycles. The van der Waals surface area contributed by atoms with Crippen LogP contribution in [0.3, 0.4) is 0 Å². The highest BCUT2D eigenvalue weighted by atomic mass is 16.3. The molecule has 2 fully saturated rings. The van der Waals surface area contributed by atoms with Crippen molar-refractivity contribution in [3.05, 3.63) is 35.9 Å². The monoisotopic (exact) mass is 230 g/mol. The van der Waals surface area contributed by atoms with Crippen molar-refractivity contribution in [1.29, 1.82) is 0 Å². The van der Waals surface area contributed by atoms with Gasteiger partial charge >= 0.3 is 0 Å². The van der Waals surface area contributed by atoms with Gasteiger partial charge in [0.15, 0.2) is 0 Å². The summed E-state index contributed by atoms with van der Waals surface area (Å²) in [6, 6.07) is 10.7. The van der Waals surface area contributed by atoms with Crippen molar-refractivity contribution in [2.24, 2.45) is 11.8 Å². The maximum Gasteiger partial charge on any atom is 0.0684 e. The highest BCUT2D eigenvalue weighted by molar-refractivity contribution is 5.27. The van der Waals surface area contributed by atoms with Gasteiger partial charge in [-0.2, -0.15) is 0 Å². The van der Waals surface area contributed by atoms with Gasteiger partial charge in [-0.3, -0.25) is 0 Å². The van der Waals surface area contributed by atoms with Crippen LogP contribution in [0.1, 0.15) is 50.5 Å². The summed E-state index contributed by atoms with van der Waals surface area (Å²) in [6.07, 6.45) is 5.72. The van der Waals surface area contributed by atoms with E-state index in [-0.39, 0.29) is 5.60 Å². The van der Waals surface area contributed by atoms with E-state index < -0.39 is 0 Å². The van der Waals surface area contributed by atoms with Gasteiger partial charge in [-0.15, -0.1) is 0 Å². The van der Waals surface area contributed by atoms with E-state index in [4.69, 9.17) is 0 Å². The van der Waals surface area contributed by atoms with Crippen molar-refractivity contribution < 1.29 is 5.11 Å². The molecule has 92 valence electrons. The van der Waals surface area contributed by atoms with Crippen LogP contribution in [0.4, 0.5) is 0 Å².